The highest BCUT2D eigenvalue weighted by Gasteiger charge is 2.34. The van der Waals surface area contributed by atoms with Gasteiger partial charge >= 0.3 is 12.3 Å². The van der Waals surface area contributed by atoms with E-state index in [4.69, 9.17) is 46.9 Å². The lowest BCUT2D eigenvalue weighted by Crippen LogP contribution is -2.34. The van der Waals surface area contributed by atoms with Crippen molar-refractivity contribution in [2.45, 2.75) is 37.4 Å². The molecule has 0 saturated carbocycles. The number of ether oxygens (including phenoxy) is 5. The van der Waals surface area contributed by atoms with E-state index in [1.807, 2.05) is 0 Å². The Kier molecular flexibility index (Phi) is 15.6. The minimum Gasteiger partial charge on any atom is -0.455 e. The number of carbonyl (C=O) groups is 2. The molecule has 0 bridgehead atoms. The predicted molar refractivity (Wildman–Crippen MR) is 184 cm³/mol. The average Bonchev–Trinajstić information content (AvgIpc) is 3.03. The summed E-state index contributed by atoms with van der Waals surface area (Å²) >= 11 is 11.7. The molecular formula is C33H38Cl2F3N3O9S. The zero-order valence-corrected chi connectivity index (χ0v) is 30.2. The minimum atomic E-state index is -4.87. The van der Waals surface area contributed by atoms with Crippen molar-refractivity contribution >= 4 is 50.9 Å². The molecule has 0 fully saturated rings. The van der Waals surface area contributed by atoms with Gasteiger partial charge in [-0.05, 0) is 75.4 Å². The summed E-state index contributed by atoms with van der Waals surface area (Å²) in [6.07, 6.45) is -5.38. The van der Waals surface area contributed by atoms with Crippen LogP contribution in [0.15, 0.2) is 65.6 Å². The second-order valence-corrected chi connectivity index (χ2v) is 14.1. The Labute approximate surface area is 303 Å². The molecular weight excluding hydrogens is 742 g/mol. The number of amides is 2. The number of anilines is 1. The number of rotatable bonds is 18. The molecule has 2 amide bonds. The molecule has 3 N–H and O–H groups in total. The number of sulfonamides is 1. The highest BCUT2D eigenvalue weighted by molar-refractivity contribution is 7.92. The molecule has 0 saturated heterocycles. The summed E-state index contributed by atoms with van der Waals surface area (Å²) in [7, 11) is -4.51. The van der Waals surface area contributed by atoms with Gasteiger partial charge in [-0.25, -0.2) is 13.2 Å². The highest BCUT2D eigenvalue weighted by Crippen LogP contribution is 2.37. The summed E-state index contributed by atoms with van der Waals surface area (Å²) in [5.74, 6) is -0.210. The van der Waals surface area contributed by atoms with Crippen molar-refractivity contribution < 1.29 is 54.9 Å². The number of benzene rings is 3. The molecule has 51 heavy (non-hydrogen) atoms. The summed E-state index contributed by atoms with van der Waals surface area (Å²) in [5, 5.41) is 4.85. The second-order valence-electron chi connectivity index (χ2n) is 11.5. The number of hydrogen-bond donors (Lipinski definition) is 3. The lowest BCUT2D eigenvalue weighted by molar-refractivity contribution is -0.137. The number of halogens is 5. The summed E-state index contributed by atoms with van der Waals surface area (Å²) in [4.78, 5) is 23.4. The third-order valence-electron chi connectivity index (χ3n) is 6.28. The van der Waals surface area contributed by atoms with Gasteiger partial charge in [0.15, 0.2) is 5.75 Å². The first-order valence-electron chi connectivity index (χ1n) is 15.4. The van der Waals surface area contributed by atoms with Gasteiger partial charge in [-0.1, -0.05) is 23.2 Å². The number of nitrogens with one attached hydrogen (secondary N) is 3. The minimum absolute atomic E-state index is 0.0467. The zero-order chi connectivity index (χ0) is 37.7. The third kappa shape index (κ3) is 14.8. The van der Waals surface area contributed by atoms with Crippen LogP contribution in [0.2, 0.25) is 10.0 Å². The normalized spacial score (nSPS) is 11.9. The molecule has 280 valence electrons. The molecule has 3 aromatic carbocycles. The monoisotopic (exact) mass is 779 g/mol. The standard InChI is InChI=1S/C33H38Cl2F3N3O9S/c1-32(2,3)50-31(43)40-13-15-47-17-19-48-18-16-46-14-12-39-30(42)22-4-7-24(8-5-22)49-29-20-23(34)6-11-28(29)41-51(44,45)25-9-10-27(35)26(21-25)33(36,37)38/h4-11,20-21,41H,12-19H2,1-3H3,(H,39,42)(H,40,43). The molecule has 0 heterocycles. The van der Waals surface area contributed by atoms with Gasteiger partial charge in [0.25, 0.3) is 15.9 Å². The summed E-state index contributed by atoms with van der Waals surface area (Å²) < 4.78 is 95.3. The molecule has 0 radical (unpaired) electrons. The van der Waals surface area contributed by atoms with E-state index >= 15 is 0 Å². The first kappa shape index (κ1) is 41.6. The van der Waals surface area contributed by atoms with E-state index in [1.165, 1.54) is 42.5 Å². The first-order chi connectivity index (χ1) is 23.9. The molecule has 18 heteroatoms. The Morgan fingerprint density at radius 3 is 1.94 bits per heavy atom. The quantitative estimate of drug-likeness (QED) is 0.117. The van der Waals surface area contributed by atoms with Crippen molar-refractivity contribution in [1.82, 2.24) is 10.6 Å². The van der Waals surface area contributed by atoms with Gasteiger partial charge in [0.1, 0.15) is 11.4 Å². The Morgan fingerprint density at radius 1 is 0.765 bits per heavy atom. The smallest absolute Gasteiger partial charge is 0.417 e. The van der Waals surface area contributed by atoms with Gasteiger partial charge < -0.3 is 34.3 Å². The van der Waals surface area contributed by atoms with Crippen LogP contribution in [0.1, 0.15) is 36.7 Å². The molecule has 0 aliphatic rings. The predicted octanol–water partition coefficient (Wildman–Crippen LogP) is 6.91. The summed E-state index contributed by atoms with van der Waals surface area (Å²) in [6.45, 7) is 7.74. The van der Waals surface area contributed by atoms with Crippen LogP contribution < -0.4 is 20.1 Å². The van der Waals surface area contributed by atoms with E-state index in [1.54, 1.807) is 20.8 Å². The molecule has 3 rings (SSSR count). The van der Waals surface area contributed by atoms with Gasteiger partial charge in [-0.2, -0.15) is 13.2 Å². The fourth-order valence-corrected chi connectivity index (χ4v) is 5.46. The van der Waals surface area contributed by atoms with Gasteiger partial charge in [0, 0.05) is 29.7 Å². The van der Waals surface area contributed by atoms with Crippen LogP contribution in [-0.4, -0.2) is 78.8 Å². The fourth-order valence-electron chi connectivity index (χ4n) is 3.98. The Balaban J connectivity index is 1.39. The van der Waals surface area contributed by atoms with E-state index in [0.717, 1.165) is 12.1 Å². The third-order valence-corrected chi connectivity index (χ3v) is 8.20. The fraction of sp³-hybridized carbons (Fsp3) is 0.394. The van der Waals surface area contributed by atoms with Gasteiger partial charge in [-0.15, -0.1) is 0 Å². The van der Waals surface area contributed by atoms with Crippen LogP contribution in [0.25, 0.3) is 0 Å². The lowest BCUT2D eigenvalue weighted by Gasteiger charge is -2.19. The van der Waals surface area contributed by atoms with Crippen LogP contribution in [-0.2, 0) is 35.1 Å². The van der Waals surface area contributed by atoms with Crippen LogP contribution >= 0.6 is 23.2 Å². The van der Waals surface area contributed by atoms with Gasteiger partial charge in [0.05, 0.1) is 60.8 Å². The Hall–Kier alpha value is -3.80. The largest absolute Gasteiger partial charge is 0.455 e. The van der Waals surface area contributed by atoms with E-state index in [2.05, 4.69) is 15.4 Å². The van der Waals surface area contributed by atoms with Crippen molar-refractivity contribution in [2.75, 3.05) is 57.5 Å². The Morgan fingerprint density at radius 2 is 1.35 bits per heavy atom. The van der Waals surface area contributed by atoms with Crippen LogP contribution in [0.5, 0.6) is 11.5 Å². The molecule has 0 unspecified atom stereocenters. The van der Waals surface area contributed by atoms with Crippen molar-refractivity contribution in [2.24, 2.45) is 0 Å². The van der Waals surface area contributed by atoms with Gasteiger partial charge in [-0.3, -0.25) is 9.52 Å². The maximum atomic E-state index is 13.3. The van der Waals surface area contributed by atoms with E-state index in [-0.39, 0.29) is 41.3 Å². The number of alkyl carbamates (subject to hydrolysis) is 1. The SMILES string of the molecule is CC(C)(C)OC(=O)NCCOCCOCCOCCNC(=O)c1ccc(Oc2cc(Cl)ccc2NS(=O)(=O)c2ccc(Cl)c(C(F)(F)F)c2)cc1. The number of carbonyl (C=O) groups excluding carboxylic acids is 2. The molecule has 3 aromatic rings. The first-order valence-corrected chi connectivity index (χ1v) is 17.6. The topological polar surface area (TPSA) is 151 Å². The summed E-state index contributed by atoms with van der Waals surface area (Å²) in [5.41, 5.74) is -1.66. The Bertz CT molecular complexity index is 1720. The van der Waals surface area contributed by atoms with Crippen LogP contribution in [0.3, 0.4) is 0 Å². The van der Waals surface area contributed by atoms with Crippen molar-refractivity contribution in [3.63, 3.8) is 0 Å². The van der Waals surface area contributed by atoms with E-state index < -0.39 is 43.4 Å². The number of hydrogen-bond acceptors (Lipinski definition) is 9. The van der Waals surface area contributed by atoms with Gasteiger partial charge in [0.2, 0.25) is 0 Å². The molecule has 12 nitrogen and oxygen atoms in total. The van der Waals surface area contributed by atoms with Crippen LogP contribution in [0, 0.1) is 0 Å². The average molecular weight is 781 g/mol. The molecule has 0 aromatic heterocycles. The molecule has 0 aliphatic carbocycles. The van der Waals surface area contributed by atoms with Crippen molar-refractivity contribution in [3.05, 3.63) is 81.8 Å². The molecule has 0 atom stereocenters. The maximum Gasteiger partial charge on any atom is 0.417 e. The zero-order valence-electron chi connectivity index (χ0n) is 27.9. The molecule has 0 aliphatic heterocycles. The lowest BCUT2D eigenvalue weighted by atomic mass is 10.2. The van der Waals surface area contributed by atoms with E-state index in [0.29, 0.717) is 51.2 Å². The maximum absolute atomic E-state index is 13.3. The number of alkyl halides is 3. The van der Waals surface area contributed by atoms with Crippen LogP contribution in [0.4, 0.5) is 23.7 Å². The second kappa shape index (κ2) is 19.2. The molecule has 0 spiro atoms. The highest BCUT2D eigenvalue weighted by atomic mass is 35.5. The summed E-state index contributed by atoms with van der Waals surface area (Å²) in [6, 6.07) is 12.1. The van der Waals surface area contributed by atoms with Crippen molar-refractivity contribution in [3.8, 4) is 11.5 Å². The van der Waals surface area contributed by atoms with E-state index in [9.17, 15) is 31.2 Å². The van der Waals surface area contributed by atoms with Crippen molar-refractivity contribution in [1.29, 1.82) is 0 Å².